The summed E-state index contributed by atoms with van der Waals surface area (Å²) in [5.74, 6) is 1.23. The summed E-state index contributed by atoms with van der Waals surface area (Å²) in [6.07, 6.45) is 19.0. The van der Waals surface area contributed by atoms with Crippen LogP contribution in [0, 0.1) is 5.92 Å². The van der Waals surface area contributed by atoms with E-state index in [1.807, 2.05) is 13.1 Å². The summed E-state index contributed by atoms with van der Waals surface area (Å²) in [6, 6.07) is 1.28. The lowest BCUT2D eigenvalue weighted by atomic mass is 9.87. The van der Waals surface area contributed by atoms with Gasteiger partial charge < -0.3 is 20.3 Å². The molecule has 3 aliphatic heterocycles. The Morgan fingerprint density at radius 2 is 1.69 bits per heavy atom. The van der Waals surface area contributed by atoms with Crippen molar-refractivity contribution in [2.75, 3.05) is 59.5 Å². The van der Waals surface area contributed by atoms with Crippen molar-refractivity contribution < 1.29 is 9.53 Å². The van der Waals surface area contributed by atoms with Gasteiger partial charge in [-0.15, -0.1) is 0 Å². The number of methoxy groups -OCH3 is 1. The fourth-order valence-corrected chi connectivity index (χ4v) is 7.76. The molecule has 3 heterocycles. The van der Waals surface area contributed by atoms with E-state index in [0.29, 0.717) is 31.1 Å². The van der Waals surface area contributed by atoms with Gasteiger partial charge in [0.15, 0.2) is 0 Å². The molecule has 1 aliphatic carbocycles. The number of nitrogens with zero attached hydrogens (tertiary/aromatic N) is 5. The molecule has 4 rings (SSSR count). The molecule has 0 bridgehead atoms. The lowest BCUT2D eigenvalue weighted by Gasteiger charge is -2.47. The van der Waals surface area contributed by atoms with Crippen molar-refractivity contribution in [1.29, 1.82) is 0 Å². The maximum atomic E-state index is 13.7. The molecule has 9 nitrogen and oxygen atoms in total. The Bertz CT molecular complexity index is 832. The third-order valence-corrected chi connectivity index (χ3v) is 10.2. The molecular weight excluding hydrogens is 526 g/mol. The van der Waals surface area contributed by atoms with Crippen LogP contribution in [-0.2, 0) is 9.53 Å². The third-order valence-electron chi connectivity index (χ3n) is 10.2. The van der Waals surface area contributed by atoms with Crippen molar-refractivity contribution >= 4 is 18.1 Å². The first kappa shape index (κ1) is 33.3. The molecule has 9 heteroatoms. The summed E-state index contributed by atoms with van der Waals surface area (Å²) in [7, 11) is 1.74. The molecule has 0 radical (unpaired) electrons. The summed E-state index contributed by atoms with van der Waals surface area (Å²) in [5.41, 5.74) is 0. The molecule has 0 aromatic carbocycles. The van der Waals surface area contributed by atoms with Crippen LogP contribution >= 0.6 is 0 Å². The van der Waals surface area contributed by atoms with Crippen LogP contribution in [0.15, 0.2) is 9.98 Å². The van der Waals surface area contributed by atoms with Gasteiger partial charge in [-0.2, -0.15) is 0 Å². The molecular formula is C33H61N7O2. The number of nitrogens with one attached hydrogen (secondary N) is 2. The van der Waals surface area contributed by atoms with E-state index in [9.17, 15) is 4.79 Å². The number of hydrogen-bond acceptors (Lipinski definition) is 6. The molecule has 0 aromatic heterocycles. The van der Waals surface area contributed by atoms with Crippen molar-refractivity contribution in [2.45, 2.75) is 128 Å². The van der Waals surface area contributed by atoms with Crippen LogP contribution in [0.1, 0.15) is 104 Å². The molecule has 3 atom stereocenters. The molecule has 1 saturated carbocycles. The van der Waals surface area contributed by atoms with E-state index in [1.165, 1.54) is 64.2 Å². The van der Waals surface area contributed by atoms with Gasteiger partial charge in [0.2, 0.25) is 11.9 Å². The minimum atomic E-state index is 0.123. The van der Waals surface area contributed by atoms with Gasteiger partial charge in [0, 0.05) is 63.5 Å². The number of ether oxygens (including phenoxy) is 1. The van der Waals surface area contributed by atoms with Crippen molar-refractivity contribution in [1.82, 2.24) is 25.3 Å². The van der Waals surface area contributed by atoms with E-state index in [1.54, 1.807) is 7.11 Å². The number of piperidine rings is 2. The number of amides is 1. The fourth-order valence-electron chi connectivity index (χ4n) is 7.76. The smallest absolute Gasteiger partial charge is 0.225 e. The summed E-state index contributed by atoms with van der Waals surface area (Å²) in [6.45, 7) is 11.5. The molecule has 0 aromatic rings. The number of likely N-dealkylation sites (tertiary alicyclic amines) is 2. The number of rotatable bonds is 11. The predicted molar refractivity (Wildman–Crippen MR) is 173 cm³/mol. The normalized spacial score (nSPS) is 27.2. The van der Waals surface area contributed by atoms with Gasteiger partial charge in [-0.25, -0.2) is 9.98 Å². The number of carbonyl (C=O) groups is 1. The van der Waals surface area contributed by atoms with E-state index < -0.39 is 0 Å². The zero-order valence-corrected chi connectivity index (χ0v) is 27.1. The summed E-state index contributed by atoms with van der Waals surface area (Å²) in [4.78, 5) is 31.0. The van der Waals surface area contributed by atoms with E-state index in [0.717, 1.165) is 70.9 Å². The number of guanidine groups is 1. The second-order valence-corrected chi connectivity index (χ2v) is 13.0. The average molecular weight is 588 g/mol. The van der Waals surface area contributed by atoms with Crippen LogP contribution in [0.4, 0.5) is 0 Å². The topological polar surface area (TPSA) is 84.8 Å². The van der Waals surface area contributed by atoms with E-state index in [2.05, 4.69) is 32.3 Å². The first-order chi connectivity index (χ1) is 20.6. The van der Waals surface area contributed by atoms with Crippen molar-refractivity contribution in [3.8, 4) is 0 Å². The second-order valence-electron chi connectivity index (χ2n) is 13.0. The highest BCUT2D eigenvalue weighted by Crippen LogP contribution is 2.31. The van der Waals surface area contributed by atoms with Crippen LogP contribution in [-0.4, -0.2) is 117 Å². The van der Waals surface area contributed by atoms with Gasteiger partial charge in [-0.3, -0.25) is 14.6 Å². The molecule has 4 fully saturated rings. The number of aliphatic imine (C=N–C) groups is 2. The minimum absolute atomic E-state index is 0.123. The minimum Gasteiger partial charge on any atom is -0.383 e. The van der Waals surface area contributed by atoms with E-state index >= 15 is 0 Å². The van der Waals surface area contributed by atoms with Gasteiger partial charge >= 0.3 is 0 Å². The standard InChI is InChI=1S/C33H61N7O2/c1-4-35-33(36-27(2)38-21-10-5-6-11-22-38)37-30-15-12-23-40(29-13-8-7-9-14-29)31(30)18-24-39(25-26-42-3)32(41)28-16-19-34-20-17-28/h4,27-31,34H,5-26H2,1-3H3,(H,36,37)/b35-4-/t27?,30-,31+/m0/s1. The highest BCUT2D eigenvalue weighted by Gasteiger charge is 2.37. The van der Waals surface area contributed by atoms with Crippen LogP contribution < -0.4 is 10.6 Å². The molecule has 1 unspecified atom stereocenters. The van der Waals surface area contributed by atoms with E-state index in [-0.39, 0.29) is 18.1 Å². The zero-order valence-electron chi connectivity index (χ0n) is 27.1. The Hall–Kier alpha value is -1.55. The number of hydrogen-bond donors (Lipinski definition) is 2. The van der Waals surface area contributed by atoms with Gasteiger partial charge in [0.1, 0.15) is 6.17 Å². The fraction of sp³-hybridized carbons (Fsp3) is 0.909. The van der Waals surface area contributed by atoms with Crippen LogP contribution in [0.3, 0.4) is 0 Å². The monoisotopic (exact) mass is 587 g/mol. The quantitative estimate of drug-likeness (QED) is 0.277. The molecule has 240 valence electrons. The predicted octanol–water partition coefficient (Wildman–Crippen LogP) is 4.28. The Morgan fingerprint density at radius 3 is 2.38 bits per heavy atom. The van der Waals surface area contributed by atoms with Gasteiger partial charge in [-0.1, -0.05) is 32.1 Å². The molecule has 0 spiro atoms. The van der Waals surface area contributed by atoms with Crippen molar-refractivity contribution in [3.05, 3.63) is 0 Å². The van der Waals surface area contributed by atoms with Gasteiger partial charge in [-0.05, 0) is 91.3 Å². The summed E-state index contributed by atoms with van der Waals surface area (Å²) in [5, 5.41) is 7.28. The second kappa shape index (κ2) is 18.3. The highest BCUT2D eigenvalue weighted by molar-refractivity contribution is 5.87. The van der Waals surface area contributed by atoms with Gasteiger partial charge in [0.05, 0.1) is 6.61 Å². The molecule has 3 saturated heterocycles. The Balaban J connectivity index is 1.50. The average Bonchev–Trinajstić information content (AvgIpc) is 3.32. The van der Waals surface area contributed by atoms with Crippen molar-refractivity contribution in [2.24, 2.45) is 15.9 Å². The largest absolute Gasteiger partial charge is 0.383 e. The Labute approximate surface area is 256 Å². The van der Waals surface area contributed by atoms with E-state index in [4.69, 9.17) is 14.7 Å². The maximum Gasteiger partial charge on any atom is 0.225 e. The lowest BCUT2D eigenvalue weighted by molar-refractivity contribution is -0.137. The molecule has 4 aliphatic rings. The SMILES string of the molecule is C/C=N\C(=N/C(C)N1CCCCCC1)N[C@H]1CCCN(C2CCCCC2)[C@@H]1CCN(CCOC)C(=O)C1CCNCC1. The first-order valence-corrected chi connectivity index (χ1v) is 17.4. The lowest BCUT2D eigenvalue weighted by Crippen LogP contribution is -2.59. The van der Waals surface area contributed by atoms with Gasteiger partial charge in [0.25, 0.3) is 0 Å². The first-order valence-electron chi connectivity index (χ1n) is 17.4. The third kappa shape index (κ3) is 10.00. The highest BCUT2D eigenvalue weighted by atomic mass is 16.5. The molecule has 1 amide bonds. The van der Waals surface area contributed by atoms with Crippen molar-refractivity contribution in [3.63, 3.8) is 0 Å². The molecule has 42 heavy (non-hydrogen) atoms. The summed E-state index contributed by atoms with van der Waals surface area (Å²) < 4.78 is 5.45. The van der Waals surface area contributed by atoms with Crippen LogP contribution in [0.2, 0.25) is 0 Å². The summed E-state index contributed by atoms with van der Waals surface area (Å²) >= 11 is 0. The van der Waals surface area contributed by atoms with Crippen LogP contribution in [0.5, 0.6) is 0 Å². The Kier molecular flexibility index (Phi) is 14.5. The van der Waals surface area contributed by atoms with Crippen LogP contribution in [0.25, 0.3) is 0 Å². The Morgan fingerprint density at radius 1 is 0.976 bits per heavy atom. The zero-order chi connectivity index (χ0) is 29.6. The maximum absolute atomic E-state index is 13.7. The molecule has 2 N–H and O–H groups in total. The number of carbonyl (C=O) groups excluding carboxylic acids is 1.